The summed E-state index contributed by atoms with van der Waals surface area (Å²) >= 11 is 0. The monoisotopic (exact) mass is 220 g/mol. The minimum Gasteiger partial charge on any atom is -0.486 e. The van der Waals surface area contributed by atoms with E-state index in [4.69, 9.17) is 4.74 Å². The standard InChI is InChI=1S/C14H20O2/c1-11(2)9-12(3)14(15)10-16-13-7-5-4-6-8-13/h4-8,11-12H,9-10H2,1-3H3. The largest absolute Gasteiger partial charge is 0.486 e. The number of hydrogen-bond acceptors (Lipinski definition) is 2. The molecular formula is C14H20O2. The second-order valence-corrected chi connectivity index (χ2v) is 4.60. The van der Waals surface area contributed by atoms with E-state index >= 15 is 0 Å². The summed E-state index contributed by atoms with van der Waals surface area (Å²) in [5.74, 6) is 1.57. The second-order valence-electron chi connectivity index (χ2n) is 4.60. The molecule has 1 rings (SSSR count). The van der Waals surface area contributed by atoms with Crippen LogP contribution in [0.3, 0.4) is 0 Å². The summed E-state index contributed by atoms with van der Waals surface area (Å²) in [4.78, 5) is 11.7. The Morgan fingerprint density at radius 2 is 1.81 bits per heavy atom. The molecule has 2 nitrogen and oxygen atoms in total. The summed E-state index contributed by atoms with van der Waals surface area (Å²) in [7, 11) is 0. The van der Waals surface area contributed by atoms with Gasteiger partial charge in [0.2, 0.25) is 0 Å². The molecule has 2 heteroatoms. The third kappa shape index (κ3) is 4.47. The Kier molecular flexibility index (Phi) is 5.03. The second kappa shape index (κ2) is 6.31. The first-order valence-electron chi connectivity index (χ1n) is 5.80. The van der Waals surface area contributed by atoms with Crippen LogP contribution in [0.25, 0.3) is 0 Å². The van der Waals surface area contributed by atoms with E-state index in [0.717, 1.165) is 12.2 Å². The van der Waals surface area contributed by atoms with Crippen LogP contribution in [-0.2, 0) is 4.79 Å². The highest BCUT2D eigenvalue weighted by Gasteiger charge is 2.14. The molecule has 0 heterocycles. The van der Waals surface area contributed by atoms with E-state index in [0.29, 0.717) is 5.92 Å². The summed E-state index contributed by atoms with van der Waals surface area (Å²) in [5, 5.41) is 0. The quantitative estimate of drug-likeness (QED) is 0.735. The zero-order chi connectivity index (χ0) is 12.0. The lowest BCUT2D eigenvalue weighted by Gasteiger charge is -2.13. The van der Waals surface area contributed by atoms with Crippen molar-refractivity contribution in [3.63, 3.8) is 0 Å². The molecule has 16 heavy (non-hydrogen) atoms. The van der Waals surface area contributed by atoms with Crippen molar-refractivity contribution in [1.82, 2.24) is 0 Å². The highest BCUT2D eigenvalue weighted by atomic mass is 16.5. The minimum absolute atomic E-state index is 0.0868. The predicted octanol–water partition coefficient (Wildman–Crippen LogP) is 3.32. The molecule has 1 aromatic rings. The molecule has 0 aliphatic carbocycles. The average molecular weight is 220 g/mol. The zero-order valence-electron chi connectivity index (χ0n) is 10.3. The van der Waals surface area contributed by atoms with Crippen LogP contribution in [0.1, 0.15) is 27.2 Å². The van der Waals surface area contributed by atoms with E-state index in [9.17, 15) is 4.79 Å². The summed E-state index contributed by atoms with van der Waals surface area (Å²) in [6.07, 6.45) is 0.928. The Balaban J connectivity index is 2.35. The molecule has 0 spiro atoms. The maximum Gasteiger partial charge on any atom is 0.172 e. The number of carbonyl (C=O) groups excluding carboxylic acids is 1. The number of carbonyl (C=O) groups is 1. The van der Waals surface area contributed by atoms with Crippen molar-refractivity contribution in [3.05, 3.63) is 30.3 Å². The molecule has 0 bridgehead atoms. The Hall–Kier alpha value is -1.31. The molecule has 1 unspecified atom stereocenters. The molecule has 0 N–H and O–H groups in total. The molecule has 0 saturated carbocycles. The van der Waals surface area contributed by atoms with Gasteiger partial charge in [-0.1, -0.05) is 39.0 Å². The summed E-state index contributed by atoms with van der Waals surface area (Å²) in [5.41, 5.74) is 0. The maximum atomic E-state index is 11.7. The summed E-state index contributed by atoms with van der Waals surface area (Å²) < 4.78 is 5.42. The lowest BCUT2D eigenvalue weighted by atomic mass is 9.95. The molecule has 0 aromatic heterocycles. The van der Waals surface area contributed by atoms with Crippen LogP contribution in [-0.4, -0.2) is 12.4 Å². The van der Waals surface area contributed by atoms with Crippen LogP contribution >= 0.6 is 0 Å². The number of benzene rings is 1. The topological polar surface area (TPSA) is 26.3 Å². The van der Waals surface area contributed by atoms with E-state index in [1.807, 2.05) is 37.3 Å². The summed E-state index contributed by atoms with van der Waals surface area (Å²) in [6, 6.07) is 9.45. The zero-order valence-corrected chi connectivity index (χ0v) is 10.3. The molecule has 0 aliphatic heterocycles. The smallest absolute Gasteiger partial charge is 0.172 e. The lowest BCUT2D eigenvalue weighted by molar-refractivity contribution is -0.124. The van der Waals surface area contributed by atoms with Gasteiger partial charge < -0.3 is 4.74 Å². The Bertz CT molecular complexity index is 317. The fraction of sp³-hybridized carbons (Fsp3) is 0.500. The van der Waals surface area contributed by atoms with E-state index in [-0.39, 0.29) is 18.3 Å². The fourth-order valence-electron chi connectivity index (χ4n) is 1.65. The van der Waals surface area contributed by atoms with Gasteiger partial charge in [-0.15, -0.1) is 0 Å². The Morgan fingerprint density at radius 1 is 1.19 bits per heavy atom. The molecular weight excluding hydrogens is 200 g/mol. The van der Waals surface area contributed by atoms with Crippen LogP contribution in [0.5, 0.6) is 5.75 Å². The van der Waals surface area contributed by atoms with Gasteiger partial charge in [0.25, 0.3) is 0 Å². The Labute approximate surface area is 97.6 Å². The van der Waals surface area contributed by atoms with Gasteiger partial charge in [-0.05, 0) is 24.5 Å². The van der Waals surface area contributed by atoms with Crippen molar-refractivity contribution in [2.75, 3.05) is 6.61 Å². The number of para-hydroxylation sites is 1. The van der Waals surface area contributed by atoms with Gasteiger partial charge in [-0.3, -0.25) is 4.79 Å². The van der Waals surface area contributed by atoms with Crippen molar-refractivity contribution in [1.29, 1.82) is 0 Å². The van der Waals surface area contributed by atoms with Gasteiger partial charge in [0, 0.05) is 5.92 Å². The van der Waals surface area contributed by atoms with Crippen molar-refractivity contribution >= 4 is 5.78 Å². The van der Waals surface area contributed by atoms with Gasteiger partial charge in [-0.2, -0.15) is 0 Å². The first-order chi connectivity index (χ1) is 7.59. The van der Waals surface area contributed by atoms with Gasteiger partial charge in [0.05, 0.1) is 0 Å². The minimum atomic E-state index is 0.0868. The average Bonchev–Trinajstić information content (AvgIpc) is 2.26. The molecule has 1 atom stereocenters. The summed E-state index contributed by atoms with van der Waals surface area (Å²) in [6.45, 7) is 6.40. The SMILES string of the molecule is CC(C)CC(C)C(=O)COc1ccccc1. The molecule has 0 fully saturated rings. The van der Waals surface area contributed by atoms with Gasteiger partial charge in [-0.25, -0.2) is 0 Å². The third-order valence-electron chi connectivity index (χ3n) is 2.50. The number of hydrogen-bond donors (Lipinski definition) is 0. The van der Waals surface area contributed by atoms with Gasteiger partial charge in [0.15, 0.2) is 5.78 Å². The highest BCUT2D eigenvalue weighted by molar-refractivity contribution is 5.82. The molecule has 0 radical (unpaired) electrons. The first kappa shape index (κ1) is 12.8. The number of ketones is 1. The van der Waals surface area contributed by atoms with Crippen LogP contribution < -0.4 is 4.74 Å². The van der Waals surface area contributed by atoms with Crippen LogP contribution in [0.4, 0.5) is 0 Å². The number of rotatable bonds is 6. The lowest BCUT2D eigenvalue weighted by Crippen LogP contribution is -2.20. The molecule has 0 amide bonds. The molecule has 88 valence electrons. The van der Waals surface area contributed by atoms with Crippen LogP contribution in [0.15, 0.2) is 30.3 Å². The predicted molar refractivity (Wildman–Crippen MR) is 65.6 cm³/mol. The number of Topliss-reactive ketones (excluding diaryl/α,β-unsaturated/α-hetero) is 1. The highest BCUT2D eigenvalue weighted by Crippen LogP contribution is 2.13. The number of ether oxygens (including phenoxy) is 1. The van der Waals surface area contributed by atoms with Crippen molar-refractivity contribution < 1.29 is 9.53 Å². The fourth-order valence-corrected chi connectivity index (χ4v) is 1.65. The van der Waals surface area contributed by atoms with E-state index < -0.39 is 0 Å². The third-order valence-corrected chi connectivity index (χ3v) is 2.50. The Morgan fingerprint density at radius 3 is 2.38 bits per heavy atom. The van der Waals surface area contributed by atoms with Crippen molar-refractivity contribution in [2.24, 2.45) is 11.8 Å². The normalized spacial score (nSPS) is 12.5. The van der Waals surface area contributed by atoms with Crippen LogP contribution in [0.2, 0.25) is 0 Å². The van der Waals surface area contributed by atoms with Gasteiger partial charge >= 0.3 is 0 Å². The molecule has 0 aliphatic rings. The molecule has 1 aromatic carbocycles. The maximum absolute atomic E-state index is 11.7. The molecule has 0 saturated heterocycles. The first-order valence-corrected chi connectivity index (χ1v) is 5.80. The van der Waals surface area contributed by atoms with Crippen LogP contribution in [0, 0.1) is 11.8 Å². The van der Waals surface area contributed by atoms with E-state index in [2.05, 4.69) is 13.8 Å². The van der Waals surface area contributed by atoms with Crippen molar-refractivity contribution in [2.45, 2.75) is 27.2 Å². The van der Waals surface area contributed by atoms with E-state index in [1.165, 1.54) is 0 Å². The van der Waals surface area contributed by atoms with Crippen molar-refractivity contribution in [3.8, 4) is 5.75 Å². The van der Waals surface area contributed by atoms with Gasteiger partial charge in [0.1, 0.15) is 12.4 Å². The van der Waals surface area contributed by atoms with E-state index in [1.54, 1.807) is 0 Å².